The minimum Gasteiger partial charge on any atom is -0.478 e. The summed E-state index contributed by atoms with van der Waals surface area (Å²) in [6.07, 6.45) is 2.29. The van der Waals surface area contributed by atoms with Crippen LogP contribution in [-0.2, 0) is 0 Å². The zero-order valence-corrected chi connectivity index (χ0v) is 13.1. The number of aryl methyl sites for hydroxylation is 1. The molecular weight excluding hydrogens is 266 g/mol. The van der Waals surface area contributed by atoms with Gasteiger partial charge in [0.05, 0.1) is 5.56 Å². The van der Waals surface area contributed by atoms with Gasteiger partial charge in [0.15, 0.2) is 0 Å². The van der Waals surface area contributed by atoms with Gasteiger partial charge < -0.3 is 20.6 Å². The van der Waals surface area contributed by atoms with Crippen LogP contribution in [0, 0.1) is 12.8 Å². The quantitative estimate of drug-likeness (QED) is 0.831. The lowest BCUT2D eigenvalue weighted by atomic mass is 9.95. The average molecular weight is 291 g/mol. The Morgan fingerprint density at radius 2 is 2.00 bits per heavy atom. The molecule has 0 radical (unpaired) electrons. The van der Waals surface area contributed by atoms with Gasteiger partial charge in [0, 0.05) is 31.0 Å². The monoisotopic (exact) mass is 291 g/mol. The zero-order valence-electron chi connectivity index (χ0n) is 13.1. The summed E-state index contributed by atoms with van der Waals surface area (Å²) in [5, 5.41) is 9.25. The number of carboxylic acids is 1. The molecule has 0 saturated carbocycles. The summed E-state index contributed by atoms with van der Waals surface area (Å²) in [5.41, 5.74) is 8.24. The van der Waals surface area contributed by atoms with Crippen molar-refractivity contribution in [1.82, 2.24) is 4.90 Å². The lowest BCUT2D eigenvalue weighted by molar-refractivity contribution is 0.0698. The highest BCUT2D eigenvalue weighted by Gasteiger charge is 2.21. The summed E-state index contributed by atoms with van der Waals surface area (Å²) in [4.78, 5) is 15.8. The minimum absolute atomic E-state index is 0.209. The number of carboxylic acid groups (broad SMARTS) is 1. The van der Waals surface area contributed by atoms with E-state index in [0.717, 1.165) is 49.6 Å². The number of hydrogen-bond acceptors (Lipinski definition) is 4. The molecule has 21 heavy (non-hydrogen) atoms. The van der Waals surface area contributed by atoms with Crippen molar-refractivity contribution in [3.63, 3.8) is 0 Å². The summed E-state index contributed by atoms with van der Waals surface area (Å²) in [6, 6.07) is 3.70. The van der Waals surface area contributed by atoms with Crippen LogP contribution in [0.4, 0.5) is 11.4 Å². The fourth-order valence-corrected chi connectivity index (χ4v) is 3.03. The van der Waals surface area contributed by atoms with E-state index in [2.05, 4.69) is 23.9 Å². The first kappa shape index (κ1) is 15.6. The predicted molar refractivity (Wildman–Crippen MR) is 86.0 cm³/mol. The lowest BCUT2D eigenvalue weighted by Crippen LogP contribution is -2.37. The third-order valence-electron chi connectivity index (χ3n) is 4.21. The zero-order chi connectivity index (χ0) is 15.6. The highest BCUT2D eigenvalue weighted by atomic mass is 16.4. The SMILES string of the molecule is Cc1cc(N2CCC(CN(C)C)CC2)cc(C(=O)O)c1N. The van der Waals surface area contributed by atoms with Crippen LogP contribution in [0.25, 0.3) is 0 Å². The Balaban J connectivity index is 2.12. The van der Waals surface area contributed by atoms with E-state index in [1.54, 1.807) is 6.07 Å². The van der Waals surface area contributed by atoms with Gasteiger partial charge in [0.1, 0.15) is 0 Å². The Kier molecular flexibility index (Phi) is 4.73. The molecule has 5 nitrogen and oxygen atoms in total. The van der Waals surface area contributed by atoms with Gasteiger partial charge >= 0.3 is 5.97 Å². The van der Waals surface area contributed by atoms with Crippen molar-refractivity contribution in [1.29, 1.82) is 0 Å². The van der Waals surface area contributed by atoms with Crippen molar-refractivity contribution >= 4 is 17.3 Å². The number of hydrogen-bond donors (Lipinski definition) is 2. The molecule has 116 valence electrons. The van der Waals surface area contributed by atoms with E-state index >= 15 is 0 Å². The fourth-order valence-electron chi connectivity index (χ4n) is 3.03. The number of aromatic carboxylic acids is 1. The molecule has 0 aliphatic carbocycles. The van der Waals surface area contributed by atoms with Gasteiger partial charge in [-0.3, -0.25) is 0 Å². The number of rotatable bonds is 4. The number of nitrogen functional groups attached to an aromatic ring is 1. The number of nitrogens with zero attached hydrogens (tertiary/aromatic N) is 2. The lowest BCUT2D eigenvalue weighted by Gasteiger charge is -2.35. The molecule has 0 spiro atoms. The molecule has 0 bridgehead atoms. The van der Waals surface area contributed by atoms with E-state index in [1.807, 2.05) is 13.0 Å². The molecule has 5 heteroatoms. The maximum absolute atomic E-state index is 11.3. The number of carbonyl (C=O) groups is 1. The van der Waals surface area contributed by atoms with Crippen molar-refractivity contribution in [2.45, 2.75) is 19.8 Å². The summed E-state index contributed by atoms with van der Waals surface area (Å²) < 4.78 is 0. The maximum atomic E-state index is 11.3. The molecule has 1 aromatic carbocycles. The van der Waals surface area contributed by atoms with E-state index in [-0.39, 0.29) is 5.56 Å². The van der Waals surface area contributed by atoms with E-state index in [9.17, 15) is 9.90 Å². The van der Waals surface area contributed by atoms with Crippen molar-refractivity contribution in [3.05, 3.63) is 23.3 Å². The first-order chi connectivity index (χ1) is 9.88. The van der Waals surface area contributed by atoms with E-state index in [1.165, 1.54) is 0 Å². The summed E-state index contributed by atoms with van der Waals surface area (Å²) in [5.74, 6) is -0.231. The van der Waals surface area contributed by atoms with Gasteiger partial charge in [0.25, 0.3) is 0 Å². The summed E-state index contributed by atoms with van der Waals surface area (Å²) in [7, 11) is 4.21. The maximum Gasteiger partial charge on any atom is 0.337 e. The number of benzene rings is 1. The number of anilines is 2. The Labute approximate surface area is 126 Å². The van der Waals surface area contributed by atoms with E-state index in [0.29, 0.717) is 5.69 Å². The van der Waals surface area contributed by atoms with Crippen LogP contribution in [-0.4, -0.2) is 49.7 Å². The number of nitrogens with two attached hydrogens (primary N) is 1. The second-order valence-electron chi connectivity index (χ2n) is 6.22. The van der Waals surface area contributed by atoms with Crippen LogP contribution in [0.3, 0.4) is 0 Å². The van der Waals surface area contributed by atoms with Crippen LogP contribution >= 0.6 is 0 Å². The van der Waals surface area contributed by atoms with Crippen LogP contribution in [0.15, 0.2) is 12.1 Å². The van der Waals surface area contributed by atoms with Gasteiger partial charge in [-0.1, -0.05) is 0 Å². The van der Waals surface area contributed by atoms with Gasteiger partial charge in [-0.05, 0) is 57.5 Å². The van der Waals surface area contributed by atoms with Gasteiger partial charge in [0.2, 0.25) is 0 Å². The van der Waals surface area contributed by atoms with Crippen molar-refractivity contribution in [2.24, 2.45) is 5.92 Å². The molecule has 3 N–H and O–H groups in total. The van der Waals surface area contributed by atoms with Crippen LogP contribution in [0.1, 0.15) is 28.8 Å². The molecule has 1 fully saturated rings. The van der Waals surface area contributed by atoms with E-state index < -0.39 is 5.97 Å². The third-order valence-corrected chi connectivity index (χ3v) is 4.21. The second-order valence-corrected chi connectivity index (χ2v) is 6.22. The average Bonchev–Trinajstić information content (AvgIpc) is 2.41. The number of piperidine rings is 1. The van der Waals surface area contributed by atoms with Crippen molar-refractivity contribution in [3.8, 4) is 0 Å². The molecular formula is C16H25N3O2. The van der Waals surface area contributed by atoms with Crippen molar-refractivity contribution in [2.75, 3.05) is 44.4 Å². The summed E-state index contributed by atoms with van der Waals surface area (Å²) in [6.45, 7) is 4.93. The van der Waals surface area contributed by atoms with Gasteiger partial charge in [-0.25, -0.2) is 4.79 Å². The minimum atomic E-state index is -0.958. The largest absolute Gasteiger partial charge is 0.478 e. The normalized spacial score (nSPS) is 16.5. The Morgan fingerprint density at radius 1 is 1.38 bits per heavy atom. The first-order valence-corrected chi connectivity index (χ1v) is 7.41. The van der Waals surface area contributed by atoms with Crippen LogP contribution in [0.5, 0.6) is 0 Å². The molecule has 0 atom stereocenters. The smallest absolute Gasteiger partial charge is 0.337 e. The Morgan fingerprint density at radius 3 is 2.52 bits per heavy atom. The molecule has 1 aliphatic rings. The van der Waals surface area contributed by atoms with Crippen LogP contribution in [0.2, 0.25) is 0 Å². The first-order valence-electron chi connectivity index (χ1n) is 7.41. The van der Waals surface area contributed by atoms with E-state index in [4.69, 9.17) is 5.73 Å². The predicted octanol–water partition coefficient (Wildman–Crippen LogP) is 2.05. The van der Waals surface area contributed by atoms with Crippen LogP contribution < -0.4 is 10.6 Å². The molecule has 1 saturated heterocycles. The molecule has 0 aromatic heterocycles. The fraction of sp³-hybridized carbons (Fsp3) is 0.562. The second kappa shape index (κ2) is 6.35. The third kappa shape index (κ3) is 3.67. The standard InChI is InChI=1S/C16H25N3O2/c1-11-8-13(9-14(15(11)17)16(20)21)19-6-4-12(5-7-19)10-18(2)3/h8-9,12H,4-7,10,17H2,1-3H3,(H,20,21). The molecule has 2 rings (SSSR count). The van der Waals surface area contributed by atoms with Gasteiger partial charge in [-0.15, -0.1) is 0 Å². The topological polar surface area (TPSA) is 69.8 Å². The molecule has 0 unspecified atom stereocenters. The summed E-state index contributed by atoms with van der Waals surface area (Å²) >= 11 is 0. The highest BCUT2D eigenvalue weighted by Crippen LogP contribution is 2.29. The highest BCUT2D eigenvalue weighted by molar-refractivity contribution is 5.95. The molecule has 0 amide bonds. The Hall–Kier alpha value is -1.75. The van der Waals surface area contributed by atoms with Gasteiger partial charge in [-0.2, -0.15) is 0 Å². The molecule has 1 aromatic rings. The molecule has 1 heterocycles. The molecule has 1 aliphatic heterocycles. The van der Waals surface area contributed by atoms with Crippen molar-refractivity contribution < 1.29 is 9.90 Å². The Bertz CT molecular complexity index is 520.